The number of carbonyl (C=O) groups is 1. The molecule has 3 fully saturated rings. The van der Waals surface area contributed by atoms with Crippen LogP contribution in [-0.2, 0) is 4.79 Å². The Bertz CT molecular complexity index is 577. The van der Waals surface area contributed by atoms with Crippen molar-refractivity contribution >= 4 is 22.6 Å². The molecule has 0 bridgehead atoms. The molecular weight excluding hydrogens is 322 g/mol. The molecule has 2 aliphatic heterocycles. The highest BCUT2D eigenvalue weighted by molar-refractivity contribution is 7.09. The Morgan fingerprint density at radius 3 is 2.83 bits per heavy atom. The van der Waals surface area contributed by atoms with Gasteiger partial charge in [0, 0.05) is 43.8 Å². The van der Waals surface area contributed by atoms with Crippen molar-refractivity contribution in [1.29, 1.82) is 0 Å². The molecule has 132 valence electrons. The van der Waals surface area contributed by atoms with Crippen LogP contribution in [0.4, 0.5) is 5.13 Å². The summed E-state index contributed by atoms with van der Waals surface area (Å²) < 4.78 is 4.28. The molecule has 1 aliphatic carbocycles. The van der Waals surface area contributed by atoms with E-state index in [9.17, 15) is 4.79 Å². The van der Waals surface area contributed by atoms with Gasteiger partial charge in [0.15, 0.2) is 0 Å². The van der Waals surface area contributed by atoms with E-state index in [2.05, 4.69) is 24.5 Å². The van der Waals surface area contributed by atoms with Gasteiger partial charge in [-0.15, -0.1) is 0 Å². The molecule has 3 unspecified atom stereocenters. The van der Waals surface area contributed by atoms with E-state index in [-0.39, 0.29) is 6.04 Å². The lowest BCUT2D eigenvalue weighted by Crippen LogP contribution is -2.46. The summed E-state index contributed by atoms with van der Waals surface area (Å²) in [5.74, 6) is 1.88. The van der Waals surface area contributed by atoms with Crippen LogP contribution in [0.3, 0.4) is 0 Å². The number of anilines is 1. The maximum atomic E-state index is 13.0. The predicted molar refractivity (Wildman–Crippen MR) is 95.3 cm³/mol. The van der Waals surface area contributed by atoms with Crippen LogP contribution < -0.4 is 10.2 Å². The fraction of sp³-hybridized carbons (Fsp3) is 0.824. The summed E-state index contributed by atoms with van der Waals surface area (Å²) in [4.78, 5) is 21.8. The highest BCUT2D eigenvalue weighted by atomic mass is 32.1. The number of carbonyl (C=O) groups excluding carboxylic acids is 1. The number of fused-ring (bicyclic) bond motifs is 1. The lowest BCUT2D eigenvalue weighted by molar-refractivity contribution is -0.133. The van der Waals surface area contributed by atoms with Crippen LogP contribution in [0.5, 0.6) is 0 Å². The van der Waals surface area contributed by atoms with Gasteiger partial charge in [-0.05, 0) is 38.5 Å². The second-order valence-corrected chi connectivity index (χ2v) is 8.13. The standard InChI is InChI=1S/C17H27N5OS/c1-12-18-17(24-20-12)22-8-4-7-21(9-10-22)16(23)15-11-13-5-2-3-6-14(13)19-15/h13-15,19H,2-11H2,1H3. The van der Waals surface area contributed by atoms with Crippen molar-refractivity contribution in [1.82, 2.24) is 19.6 Å². The number of hydrogen-bond donors (Lipinski definition) is 1. The summed E-state index contributed by atoms with van der Waals surface area (Å²) >= 11 is 1.46. The molecule has 1 saturated carbocycles. The van der Waals surface area contributed by atoms with Gasteiger partial charge in [0.05, 0.1) is 6.04 Å². The average molecular weight is 350 g/mol. The van der Waals surface area contributed by atoms with Crippen LogP contribution in [0.2, 0.25) is 0 Å². The van der Waals surface area contributed by atoms with Gasteiger partial charge in [-0.1, -0.05) is 12.8 Å². The van der Waals surface area contributed by atoms with Crippen molar-refractivity contribution < 1.29 is 4.79 Å². The van der Waals surface area contributed by atoms with Gasteiger partial charge in [-0.2, -0.15) is 4.37 Å². The van der Waals surface area contributed by atoms with E-state index in [0.29, 0.717) is 11.9 Å². The molecule has 3 heterocycles. The van der Waals surface area contributed by atoms with Crippen molar-refractivity contribution in [2.24, 2.45) is 5.92 Å². The topological polar surface area (TPSA) is 61.4 Å². The summed E-state index contributed by atoms with van der Waals surface area (Å²) in [5.41, 5.74) is 0. The Morgan fingerprint density at radius 2 is 2.04 bits per heavy atom. The quantitative estimate of drug-likeness (QED) is 0.882. The fourth-order valence-corrected chi connectivity index (χ4v) is 5.20. The minimum Gasteiger partial charge on any atom is -0.345 e. The minimum atomic E-state index is 0.0495. The molecule has 3 aliphatic rings. The maximum absolute atomic E-state index is 13.0. The molecule has 2 saturated heterocycles. The van der Waals surface area contributed by atoms with Crippen molar-refractivity contribution in [3.63, 3.8) is 0 Å². The normalized spacial score (nSPS) is 31.0. The first-order valence-electron chi connectivity index (χ1n) is 9.31. The average Bonchev–Trinajstić information content (AvgIpc) is 3.13. The second-order valence-electron chi connectivity index (χ2n) is 7.40. The van der Waals surface area contributed by atoms with Gasteiger partial charge < -0.3 is 15.1 Å². The van der Waals surface area contributed by atoms with Crippen LogP contribution >= 0.6 is 11.5 Å². The van der Waals surface area contributed by atoms with Crippen LogP contribution in [0, 0.1) is 12.8 Å². The third kappa shape index (κ3) is 3.28. The first-order valence-corrected chi connectivity index (χ1v) is 10.1. The highest BCUT2D eigenvalue weighted by Crippen LogP contribution is 2.33. The number of rotatable bonds is 2. The number of aromatic nitrogens is 2. The molecule has 1 N–H and O–H groups in total. The summed E-state index contributed by atoms with van der Waals surface area (Å²) in [6, 6.07) is 0.633. The molecule has 3 atom stereocenters. The third-order valence-corrected chi connectivity index (χ3v) is 6.62. The molecule has 0 radical (unpaired) electrons. The minimum absolute atomic E-state index is 0.0495. The number of nitrogens with one attached hydrogen (secondary N) is 1. The van der Waals surface area contributed by atoms with E-state index < -0.39 is 0 Å². The zero-order valence-corrected chi connectivity index (χ0v) is 15.2. The van der Waals surface area contributed by atoms with Gasteiger partial charge in [0.1, 0.15) is 5.82 Å². The van der Waals surface area contributed by atoms with Crippen LogP contribution in [-0.4, -0.2) is 58.4 Å². The van der Waals surface area contributed by atoms with E-state index in [1.807, 2.05) is 6.92 Å². The van der Waals surface area contributed by atoms with Gasteiger partial charge in [0.2, 0.25) is 11.0 Å². The van der Waals surface area contributed by atoms with E-state index in [0.717, 1.165) is 55.9 Å². The molecular formula is C17H27N5OS. The lowest BCUT2D eigenvalue weighted by atomic mass is 9.85. The number of aryl methyl sites for hydroxylation is 1. The van der Waals surface area contributed by atoms with E-state index in [1.165, 1.54) is 37.2 Å². The Hall–Kier alpha value is -1.21. The van der Waals surface area contributed by atoms with Gasteiger partial charge in [-0.3, -0.25) is 4.79 Å². The first kappa shape index (κ1) is 16.3. The Labute approximate surface area is 147 Å². The Balaban J connectivity index is 1.36. The van der Waals surface area contributed by atoms with Crippen LogP contribution in [0.15, 0.2) is 0 Å². The number of amides is 1. The van der Waals surface area contributed by atoms with Crippen molar-refractivity contribution in [3.8, 4) is 0 Å². The summed E-state index contributed by atoms with van der Waals surface area (Å²) in [6.07, 6.45) is 7.24. The highest BCUT2D eigenvalue weighted by Gasteiger charge is 2.39. The predicted octanol–water partition coefficient (Wildman–Crippen LogP) is 1.81. The molecule has 6 nitrogen and oxygen atoms in total. The fourth-order valence-electron chi connectivity index (χ4n) is 4.47. The number of nitrogens with zero attached hydrogens (tertiary/aromatic N) is 4. The zero-order chi connectivity index (χ0) is 16.5. The van der Waals surface area contributed by atoms with E-state index >= 15 is 0 Å². The molecule has 7 heteroatoms. The number of hydrogen-bond acceptors (Lipinski definition) is 6. The maximum Gasteiger partial charge on any atom is 0.239 e. The third-order valence-electron chi connectivity index (χ3n) is 5.76. The van der Waals surface area contributed by atoms with Gasteiger partial charge in [0.25, 0.3) is 0 Å². The van der Waals surface area contributed by atoms with Crippen LogP contribution in [0.25, 0.3) is 0 Å². The van der Waals surface area contributed by atoms with E-state index in [1.54, 1.807) is 0 Å². The monoisotopic (exact) mass is 349 g/mol. The Kier molecular flexibility index (Phi) is 4.72. The van der Waals surface area contributed by atoms with Crippen molar-refractivity contribution in [2.75, 3.05) is 31.1 Å². The smallest absolute Gasteiger partial charge is 0.239 e. The summed E-state index contributed by atoms with van der Waals surface area (Å²) in [7, 11) is 0. The van der Waals surface area contributed by atoms with Crippen molar-refractivity contribution in [3.05, 3.63) is 5.82 Å². The molecule has 0 spiro atoms. The summed E-state index contributed by atoms with van der Waals surface area (Å²) in [6.45, 7) is 5.41. The van der Waals surface area contributed by atoms with Gasteiger partial charge >= 0.3 is 0 Å². The zero-order valence-electron chi connectivity index (χ0n) is 14.4. The van der Waals surface area contributed by atoms with Crippen molar-refractivity contribution in [2.45, 2.75) is 57.5 Å². The second kappa shape index (κ2) is 6.96. The lowest BCUT2D eigenvalue weighted by Gasteiger charge is -2.25. The SMILES string of the molecule is Cc1nsc(N2CCCN(C(=O)C3CC4CCCCC4N3)CC2)n1. The molecule has 1 aromatic heterocycles. The van der Waals surface area contributed by atoms with E-state index in [4.69, 9.17) is 0 Å². The first-order chi connectivity index (χ1) is 11.7. The molecule has 1 aromatic rings. The Morgan fingerprint density at radius 1 is 1.17 bits per heavy atom. The molecule has 0 aromatic carbocycles. The molecule has 1 amide bonds. The largest absolute Gasteiger partial charge is 0.345 e. The molecule has 24 heavy (non-hydrogen) atoms. The van der Waals surface area contributed by atoms with Gasteiger partial charge in [-0.25, -0.2) is 4.98 Å². The van der Waals surface area contributed by atoms with Crippen LogP contribution in [0.1, 0.15) is 44.3 Å². The summed E-state index contributed by atoms with van der Waals surface area (Å²) in [5, 5.41) is 4.62. The molecule has 4 rings (SSSR count).